The third-order valence-corrected chi connectivity index (χ3v) is 2.86. The van der Waals surface area contributed by atoms with E-state index in [-0.39, 0.29) is 17.6 Å². The van der Waals surface area contributed by atoms with E-state index in [1.165, 1.54) is 24.3 Å². The summed E-state index contributed by atoms with van der Waals surface area (Å²) in [4.78, 5) is 16.1. The fraction of sp³-hybridized carbons (Fsp3) is 0.200. The van der Waals surface area contributed by atoms with Gasteiger partial charge >= 0.3 is 0 Å². The Morgan fingerprint density at radius 1 is 1.32 bits per heavy atom. The lowest BCUT2D eigenvalue weighted by molar-refractivity contribution is 0.0950. The van der Waals surface area contributed by atoms with Crippen LogP contribution >= 0.6 is 0 Å². The molecular formula is C15H15FN2O. The Morgan fingerprint density at radius 3 is 2.68 bits per heavy atom. The Balaban J connectivity index is 1.94. The highest BCUT2D eigenvalue weighted by Crippen LogP contribution is 2.06. The first-order valence-corrected chi connectivity index (χ1v) is 6.09. The molecule has 0 amide bonds. The van der Waals surface area contributed by atoms with Crippen LogP contribution in [-0.2, 0) is 6.54 Å². The Kier molecular flexibility index (Phi) is 4.36. The number of carbonyl (C=O) groups excluding carboxylic acids is 1. The van der Waals surface area contributed by atoms with Crippen molar-refractivity contribution in [3.8, 4) is 0 Å². The second kappa shape index (κ2) is 6.20. The van der Waals surface area contributed by atoms with Crippen molar-refractivity contribution in [1.82, 2.24) is 10.3 Å². The summed E-state index contributed by atoms with van der Waals surface area (Å²) in [5.41, 5.74) is 1.52. The number of carbonyl (C=O) groups is 1. The van der Waals surface area contributed by atoms with E-state index in [0.29, 0.717) is 12.1 Å². The van der Waals surface area contributed by atoms with Gasteiger partial charge in [0.05, 0.1) is 6.04 Å². The van der Waals surface area contributed by atoms with Crippen molar-refractivity contribution in [1.29, 1.82) is 0 Å². The SMILES string of the molecule is CC(NCc1cccnc1)C(=O)c1ccc(F)cc1. The van der Waals surface area contributed by atoms with E-state index in [1.54, 1.807) is 19.3 Å². The predicted molar refractivity (Wildman–Crippen MR) is 71.3 cm³/mol. The summed E-state index contributed by atoms with van der Waals surface area (Å²) in [6.45, 7) is 2.37. The van der Waals surface area contributed by atoms with Crippen molar-refractivity contribution in [2.75, 3.05) is 0 Å². The van der Waals surface area contributed by atoms with Gasteiger partial charge in [0.2, 0.25) is 0 Å². The molecule has 0 radical (unpaired) electrons. The van der Waals surface area contributed by atoms with Gasteiger partial charge in [-0.15, -0.1) is 0 Å². The molecule has 0 aliphatic rings. The molecule has 1 unspecified atom stereocenters. The number of benzene rings is 1. The second-order valence-corrected chi connectivity index (χ2v) is 4.34. The van der Waals surface area contributed by atoms with Crippen molar-refractivity contribution in [2.45, 2.75) is 19.5 Å². The Morgan fingerprint density at radius 2 is 2.05 bits per heavy atom. The largest absolute Gasteiger partial charge is 0.303 e. The number of aromatic nitrogens is 1. The molecule has 1 aromatic heterocycles. The van der Waals surface area contributed by atoms with Crippen LogP contribution < -0.4 is 5.32 Å². The van der Waals surface area contributed by atoms with Gasteiger partial charge in [0, 0.05) is 24.5 Å². The zero-order valence-electron chi connectivity index (χ0n) is 10.6. The van der Waals surface area contributed by atoms with E-state index in [4.69, 9.17) is 0 Å². The molecule has 1 aromatic carbocycles. The number of nitrogens with zero attached hydrogens (tertiary/aromatic N) is 1. The van der Waals surface area contributed by atoms with Crippen molar-refractivity contribution >= 4 is 5.78 Å². The maximum atomic E-state index is 12.8. The first kappa shape index (κ1) is 13.4. The number of hydrogen-bond acceptors (Lipinski definition) is 3. The average molecular weight is 258 g/mol. The molecule has 1 atom stereocenters. The number of hydrogen-bond donors (Lipinski definition) is 1. The van der Waals surface area contributed by atoms with Gasteiger partial charge in [-0.05, 0) is 42.8 Å². The first-order chi connectivity index (χ1) is 9.16. The van der Waals surface area contributed by atoms with Gasteiger partial charge in [-0.25, -0.2) is 4.39 Å². The van der Waals surface area contributed by atoms with Crippen LogP contribution in [0.1, 0.15) is 22.8 Å². The summed E-state index contributed by atoms with van der Waals surface area (Å²) in [5.74, 6) is -0.392. The van der Waals surface area contributed by atoms with Crippen molar-refractivity contribution in [3.05, 3.63) is 65.7 Å². The number of rotatable bonds is 5. The van der Waals surface area contributed by atoms with Crippen LogP contribution in [0.3, 0.4) is 0 Å². The van der Waals surface area contributed by atoms with E-state index < -0.39 is 0 Å². The predicted octanol–water partition coefficient (Wildman–Crippen LogP) is 2.58. The van der Waals surface area contributed by atoms with Gasteiger partial charge in [0.1, 0.15) is 5.82 Å². The van der Waals surface area contributed by atoms with Gasteiger partial charge in [-0.3, -0.25) is 9.78 Å². The highest BCUT2D eigenvalue weighted by atomic mass is 19.1. The van der Waals surface area contributed by atoms with Crippen molar-refractivity contribution < 1.29 is 9.18 Å². The maximum Gasteiger partial charge on any atom is 0.179 e. The van der Waals surface area contributed by atoms with E-state index in [2.05, 4.69) is 10.3 Å². The molecule has 0 saturated heterocycles. The summed E-state index contributed by atoms with van der Waals surface area (Å²) >= 11 is 0. The minimum atomic E-state index is -0.340. The minimum Gasteiger partial charge on any atom is -0.303 e. The molecule has 0 bridgehead atoms. The molecule has 2 rings (SSSR count). The summed E-state index contributed by atoms with van der Waals surface area (Å²) < 4.78 is 12.8. The fourth-order valence-electron chi connectivity index (χ4n) is 1.73. The zero-order chi connectivity index (χ0) is 13.7. The van der Waals surface area contributed by atoms with E-state index in [1.807, 2.05) is 12.1 Å². The number of Topliss-reactive ketones (excluding diaryl/α,β-unsaturated/α-hetero) is 1. The lowest BCUT2D eigenvalue weighted by Gasteiger charge is -2.12. The summed E-state index contributed by atoms with van der Waals surface area (Å²) in [5, 5.41) is 3.13. The normalized spacial score (nSPS) is 12.1. The monoisotopic (exact) mass is 258 g/mol. The minimum absolute atomic E-state index is 0.0520. The van der Waals surface area contributed by atoms with Crippen LogP contribution in [0.5, 0.6) is 0 Å². The van der Waals surface area contributed by atoms with Gasteiger partial charge in [-0.2, -0.15) is 0 Å². The number of halogens is 1. The van der Waals surface area contributed by atoms with Gasteiger partial charge in [0.25, 0.3) is 0 Å². The number of nitrogens with one attached hydrogen (secondary N) is 1. The Bertz CT molecular complexity index is 540. The van der Waals surface area contributed by atoms with Crippen molar-refractivity contribution in [3.63, 3.8) is 0 Å². The van der Waals surface area contributed by atoms with Crippen LogP contribution in [0.15, 0.2) is 48.8 Å². The molecule has 98 valence electrons. The first-order valence-electron chi connectivity index (χ1n) is 6.09. The molecule has 1 N–H and O–H groups in total. The van der Waals surface area contributed by atoms with Crippen molar-refractivity contribution in [2.24, 2.45) is 0 Å². The molecule has 0 aliphatic carbocycles. The van der Waals surface area contributed by atoms with Crippen LogP contribution in [0.25, 0.3) is 0 Å². The topological polar surface area (TPSA) is 42.0 Å². The van der Waals surface area contributed by atoms with Gasteiger partial charge < -0.3 is 5.32 Å². The number of pyridine rings is 1. The number of ketones is 1. The highest BCUT2D eigenvalue weighted by Gasteiger charge is 2.14. The highest BCUT2D eigenvalue weighted by molar-refractivity contribution is 5.99. The zero-order valence-corrected chi connectivity index (χ0v) is 10.6. The van der Waals surface area contributed by atoms with Gasteiger partial charge in [0.15, 0.2) is 5.78 Å². The standard InChI is InChI=1S/C15H15FN2O/c1-11(18-10-12-3-2-8-17-9-12)15(19)13-4-6-14(16)7-5-13/h2-9,11,18H,10H2,1H3. The Hall–Kier alpha value is -2.07. The fourth-order valence-corrected chi connectivity index (χ4v) is 1.73. The molecule has 4 heteroatoms. The summed E-state index contributed by atoms with van der Waals surface area (Å²) in [6.07, 6.45) is 3.46. The van der Waals surface area contributed by atoms with Crippen LogP contribution in [0, 0.1) is 5.82 Å². The summed E-state index contributed by atoms with van der Waals surface area (Å²) in [7, 11) is 0. The molecule has 3 nitrogen and oxygen atoms in total. The van der Waals surface area contributed by atoms with E-state index >= 15 is 0 Å². The smallest absolute Gasteiger partial charge is 0.179 e. The molecule has 0 saturated carbocycles. The summed E-state index contributed by atoms with van der Waals surface area (Å²) in [6, 6.07) is 9.05. The molecule has 1 heterocycles. The molecule has 2 aromatic rings. The lowest BCUT2D eigenvalue weighted by atomic mass is 10.1. The van der Waals surface area contributed by atoms with Gasteiger partial charge in [-0.1, -0.05) is 6.07 Å². The van der Waals surface area contributed by atoms with Crippen LogP contribution in [0.4, 0.5) is 4.39 Å². The van der Waals surface area contributed by atoms with Crippen LogP contribution in [-0.4, -0.2) is 16.8 Å². The third kappa shape index (κ3) is 3.69. The average Bonchev–Trinajstić information content (AvgIpc) is 2.46. The third-order valence-electron chi connectivity index (χ3n) is 2.86. The molecule has 0 spiro atoms. The van der Waals surface area contributed by atoms with E-state index in [9.17, 15) is 9.18 Å². The molecular weight excluding hydrogens is 243 g/mol. The molecule has 0 aliphatic heterocycles. The molecule has 19 heavy (non-hydrogen) atoms. The lowest BCUT2D eigenvalue weighted by Crippen LogP contribution is -2.33. The maximum absolute atomic E-state index is 12.8. The quantitative estimate of drug-likeness (QED) is 0.838. The van der Waals surface area contributed by atoms with E-state index in [0.717, 1.165) is 5.56 Å². The Labute approximate surface area is 111 Å². The second-order valence-electron chi connectivity index (χ2n) is 4.34. The van der Waals surface area contributed by atoms with Crippen LogP contribution in [0.2, 0.25) is 0 Å². The molecule has 0 fully saturated rings.